The molecule has 2 aromatic rings. The molecule has 1 aromatic heterocycles. The molecule has 7 heteroatoms. The van der Waals surface area contributed by atoms with Crippen LogP contribution in [0.15, 0.2) is 41.7 Å². The molecule has 2 N–H and O–H groups in total. The fraction of sp³-hybridized carbons (Fsp3) is 0.375. The van der Waals surface area contributed by atoms with Gasteiger partial charge >= 0.3 is 6.55 Å². The van der Waals surface area contributed by atoms with Crippen LogP contribution in [-0.4, -0.2) is 22.1 Å². The van der Waals surface area contributed by atoms with Crippen molar-refractivity contribution in [3.8, 4) is 0 Å². The third-order valence-electron chi connectivity index (χ3n) is 3.26. The normalized spacial score (nSPS) is 11.8. The molecule has 0 radical (unpaired) electrons. The lowest BCUT2D eigenvalue weighted by molar-refractivity contribution is 0.0668. The Balaban J connectivity index is 1.98. The Bertz CT molecular complexity index is 634. The fourth-order valence-electron chi connectivity index (χ4n) is 2.03. The van der Waals surface area contributed by atoms with E-state index in [0.29, 0.717) is 19.0 Å². The summed E-state index contributed by atoms with van der Waals surface area (Å²) in [6.07, 6.45) is 2.62. The van der Waals surface area contributed by atoms with Crippen LogP contribution in [0.25, 0.3) is 0 Å². The van der Waals surface area contributed by atoms with E-state index in [-0.39, 0.29) is 12.4 Å². The maximum atomic E-state index is 12.8. The minimum absolute atomic E-state index is 0.178. The molecule has 0 saturated carbocycles. The number of halogens is 2. The van der Waals surface area contributed by atoms with Gasteiger partial charge in [-0.2, -0.15) is 8.78 Å². The third-order valence-corrected chi connectivity index (χ3v) is 3.26. The molecule has 5 nitrogen and oxygen atoms in total. The lowest BCUT2D eigenvalue weighted by atomic mass is 10.1. The molecular formula is C16H21F2N5. The predicted octanol–water partition coefficient (Wildman–Crippen LogP) is 2.84. The number of nitrogens with zero attached hydrogens (tertiary/aromatic N) is 3. The molecule has 0 aliphatic heterocycles. The maximum Gasteiger partial charge on any atom is 0.319 e. The quantitative estimate of drug-likeness (QED) is 0.635. The highest BCUT2D eigenvalue weighted by atomic mass is 19.3. The first kappa shape index (κ1) is 16.9. The first-order valence-corrected chi connectivity index (χ1v) is 7.47. The molecule has 0 aliphatic carbocycles. The number of alkyl halides is 2. The number of hydrogen-bond donors (Lipinski definition) is 2. The van der Waals surface area contributed by atoms with Gasteiger partial charge in [0.1, 0.15) is 5.82 Å². The predicted molar refractivity (Wildman–Crippen MR) is 86.3 cm³/mol. The van der Waals surface area contributed by atoms with E-state index in [9.17, 15) is 8.78 Å². The zero-order chi connectivity index (χ0) is 16.7. The van der Waals surface area contributed by atoms with Gasteiger partial charge in [0.05, 0.1) is 13.1 Å². The SMILES string of the molecule is CCNC(=NCc1ccc(C)cc1)NCc1nccn1C(F)F. The Morgan fingerprint density at radius 2 is 2.00 bits per heavy atom. The average molecular weight is 321 g/mol. The van der Waals surface area contributed by atoms with Gasteiger partial charge in [0, 0.05) is 18.9 Å². The molecule has 0 amide bonds. The molecule has 1 aromatic carbocycles. The van der Waals surface area contributed by atoms with Crippen molar-refractivity contribution in [3.05, 3.63) is 53.6 Å². The van der Waals surface area contributed by atoms with E-state index in [1.54, 1.807) is 0 Å². The summed E-state index contributed by atoms with van der Waals surface area (Å²) in [4.78, 5) is 8.39. The van der Waals surface area contributed by atoms with E-state index < -0.39 is 6.55 Å². The van der Waals surface area contributed by atoms with Crippen molar-refractivity contribution < 1.29 is 8.78 Å². The molecule has 124 valence electrons. The second kappa shape index (κ2) is 8.26. The Morgan fingerprint density at radius 1 is 1.26 bits per heavy atom. The largest absolute Gasteiger partial charge is 0.357 e. The topological polar surface area (TPSA) is 54.2 Å². The Morgan fingerprint density at radius 3 is 2.65 bits per heavy atom. The van der Waals surface area contributed by atoms with Crippen molar-refractivity contribution in [1.82, 2.24) is 20.2 Å². The van der Waals surface area contributed by atoms with E-state index >= 15 is 0 Å². The van der Waals surface area contributed by atoms with Crippen LogP contribution in [0.2, 0.25) is 0 Å². The second-order valence-electron chi connectivity index (χ2n) is 5.06. The van der Waals surface area contributed by atoms with Crippen LogP contribution in [-0.2, 0) is 13.1 Å². The smallest absolute Gasteiger partial charge is 0.319 e. The van der Waals surface area contributed by atoms with Gasteiger partial charge in [-0.3, -0.25) is 4.57 Å². The summed E-state index contributed by atoms with van der Waals surface area (Å²) < 4.78 is 26.4. The second-order valence-corrected chi connectivity index (χ2v) is 5.06. The summed E-state index contributed by atoms with van der Waals surface area (Å²) in [6, 6.07) is 8.10. The van der Waals surface area contributed by atoms with Gasteiger partial charge in [-0.25, -0.2) is 9.98 Å². The Hall–Kier alpha value is -2.44. The standard InChI is InChI=1S/C16H21F2N5/c1-3-19-16(21-10-13-6-4-12(2)5-7-13)22-11-14-20-8-9-23(14)15(17)18/h4-9,15H,3,10-11H2,1-2H3,(H2,19,21,22). The highest BCUT2D eigenvalue weighted by molar-refractivity contribution is 5.79. The van der Waals surface area contributed by atoms with Gasteiger partial charge in [0.25, 0.3) is 0 Å². The van der Waals surface area contributed by atoms with Crippen LogP contribution in [0, 0.1) is 6.92 Å². The Kier molecular flexibility index (Phi) is 6.08. The molecule has 0 unspecified atom stereocenters. The number of aryl methyl sites for hydroxylation is 1. The number of aromatic nitrogens is 2. The van der Waals surface area contributed by atoms with Crippen LogP contribution in [0.3, 0.4) is 0 Å². The molecule has 0 fully saturated rings. The molecule has 0 saturated heterocycles. The summed E-state index contributed by atoms with van der Waals surface area (Å²) >= 11 is 0. The van der Waals surface area contributed by atoms with Crippen LogP contribution in [0.4, 0.5) is 8.78 Å². The summed E-state index contributed by atoms with van der Waals surface area (Å²) in [6.45, 7) is 2.76. The number of imidazole rings is 1. The fourth-order valence-corrected chi connectivity index (χ4v) is 2.03. The summed E-state index contributed by atoms with van der Waals surface area (Å²) in [5, 5.41) is 6.11. The molecule has 0 aliphatic rings. The van der Waals surface area contributed by atoms with Gasteiger partial charge in [-0.05, 0) is 19.4 Å². The maximum absolute atomic E-state index is 12.8. The van der Waals surface area contributed by atoms with E-state index in [1.165, 1.54) is 18.0 Å². The Labute approximate surface area is 134 Å². The van der Waals surface area contributed by atoms with Crippen molar-refractivity contribution in [1.29, 1.82) is 0 Å². The van der Waals surface area contributed by atoms with Crippen LogP contribution in [0.1, 0.15) is 30.4 Å². The van der Waals surface area contributed by atoms with E-state index in [0.717, 1.165) is 10.1 Å². The van der Waals surface area contributed by atoms with E-state index in [2.05, 4.69) is 20.6 Å². The molecule has 0 spiro atoms. The van der Waals surface area contributed by atoms with E-state index in [4.69, 9.17) is 0 Å². The van der Waals surface area contributed by atoms with Gasteiger partial charge in [0.15, 0.2) is 5.96 Å². The minimum Gasteiger partial charge on any atom is -0.357 e. The van der Waals surface area contributed by atoms with Crippen LogP contribution in [0.5, 0.6) is 0 Å². The zero-order valence-corrected chi connectivity index (χ0v) is 13.3. The molecule has 0 bridgehead atoms. The van der Waals surface area contributed by atoms with Gasteiger partial charge < -0.3 is 10.6 Å². The molecule has 1 heterocycles. The number of aliphatic imine (C=N–C) groups is 1. The number of nitrogens with one attached hydrogen (secondary N) is 2. The van der Waals surface area contributed by atoms with Crippen molar-refractivity contribution in [2.75, 3.05) is 6.54 Å². The molecule has 2 rings (SSSR count). The third kappa shape index (κ3) is 5.05. The summed E-state index contributed by atoms with van der Waals surface area (Å²) in [7, 11) is 0. The highest BCUT2D eigenvalue weighted by Crippen LogP contribution is 2.12. The lowest BCUT2D eigenvalue weighted by Crippen LogP contribution is -2.37. The van der Waals surface area contributed by atoms with Crippen LogP contribution < -0.4 is 10.6 Å². The van der Waals surface area contributed by atoms with Gasteiger partial charge in [-0.1, -0.05) is 29.8 Å². The average Bonchev–Trinajstić information content (AvgIpc) is 3.00. The van der Waals surface area contributed by atoms with Gasteiger partial charge in [-0.15, -0.1) is 0 Å². The van der Waals surface area contributed by atoms with Crippen molar-refractivity contribution in [2.45, 2.75) is 33.5 Å². The summed E-state index contributed by atoms with van der Waals surface area (Å²) in [5.41, 5.74) is 2.28. The van der Waals surface area contributed by atoms with Gasteiger partial charge in [0.2, 0.25) is 0 Å². The van der Waals surface area contributed by atoms with Crippen LogP contribution >= 0.6 is 0 Å². The molecule has 23 heavy (non-hydrogen) atoms. The highest BCUT2D eigenvalue weighted by Gasteiger charge is 2.11. The summed E-state index contributed by atoms with van der Waals surface area (Å²) in [5.74, 6) is 0.831. The monoisotopic (exact) mass is 321 g/mol. The van der Waals surface area contributed by atoms with Crippen molar-refractivity contribution in [2.24, 2.45) is 4.99 Å². The first-order valence-electron chi connectivity index (χ1n) is 7.47. The first-order chi connectivity index (χ1) is 11.1. The van der Waals surface area contributed by atoms with Crippen molar-refractivity contribution >= 4 is 5.96 Å². The molecule has 0 atom stereocenters. The molecular weight excluding hydrogens is 300 g/mol. The number of guanidine groups is 1. The van der Waals surface area contributed by atoms with Crippen molar-refractivity contribution in [3.63, 3.8) is 0 Å². The lowest BCUT2D eigenvalue weighted by Gasteiger charge is -2.12. The number of benzene rings is 1. The van der Waals surface area contributed by atoms with E-state index in [1.807, 2.05) is 38.1 Å². The minimum atomic E-state index is -2.60. The zero-order valence-electron chi connectivity index (χ0n) is 13.3. The number of rotatable bonds is 6. The number of hydrogen-bond acceptors (Lipinski definition) is 2.